The maximum atomic E-state index is 12.8. The summed E-state index contributed by atoms with van der Waals surface area (Å²) >= 11 is 0. The van der Waals surface area contributed by atoms with Crippen molar-refractivity contribution in [2.24, 2.45) is 5.92 Å². The van der Waals surface area contributed by atoms with E-state index < -0.39 is 5.60 Å². The van der Waals surface area contributed by atoms with Gasteiger partial charge in [0.2, 0.25) is 0 Å². The highest BCUT2D eigenvalue weighted by Crippen LogP contribution is 2.45. The lowest BCUT2D eigenvalue weighted by Gasteiger charge is -2.36. The summed E-state index contributed by atoms with van der Waals surface area (Å²) in [4.78, 5) is 27.1. The van der Waals surface area contributed by atoms with Gasteiger partial charge < -0.3 is 14.8 Å². The molecule has 2 aliphatic heterocycles. The van der Waals surface area contributed by atoms with E-state index in [1.807, 2.05) is 0 Å². The smallest absolute Gasteiger partial charge is 0.335 e. The molecule has 0 aromatic carbocycles. The fourth-order valence-corrected chi connectivity index (χ4v) is 3.95. The minimum absolute atomic E-state index is 0.138. The molecule has 0 atom stereocenters. The Balaban J connectivity index is 1.61. The first-order valence-corrected chi connectivity index (χ1v) is 9.05. The second kappa shape index (κ2) is 7.23. The Morgan fingerprint density at radius 2 is 1.96 bits per heavy atom. The number of rotatable bonds is 4. The van der Waals surface area contributed by atoms with E-state index in [0.29, 0.717) is 23.6 Å². The molecular formula is C18H28N2O4. The Morgan fingerprint density at radius 3 is 2.62 bits per heavy atom. The highest BCUT2D eigenvalue weighted by Gasteiger charge is 2.50. The summed E-state index contributed by atoms with van der Waals surface area (Å²) in [5.74, 6) is 0.157. The summed E-state index contributed by atoms with van der Waals surface area (Å²) in [7, 11) is 0. The van der Waals surface area contributed by atoms with Crippen LogP contribution in [0.1, 0.15) is 39.5 Å². The third kappa shape index (κ3) is 3.49. The molecule has 24 heavy (non-hydrogen) atoms. The maximum Gasteiger partial charge on any atom is 0.335 e. The van der Waals surface area contributed by atoms with Crippen LogP contribution in [0.25, 0.3) is 0 Å². The minimum atomic E-state index is -0.684. The van der Waals surface area contributed by atoms with Crippen molar-refractivity contribution < 1.29 is 19.1 Å². The fourth-order valence-electron chi connectivity index (χ4n) is 3.95. The molecular weight excluding hydrogens is 308 g/mol. The number of ether oxygens (including phenoxy) is 2. The standard InChI is InChI=1S/C18H28N2O4/c1-13-3-5-18(6-4-13)15(14(2)17(22)24-18)16(21)19-7-8-20-9-11-23-12-10-20/h13H,3-12H2,1-2H3,(H,19,21). The van der Waals surface area contributed by atoms with E-state index in [4.69, 9.17) is 9.47 Å². The molecule has 1 amide bonds. The highest BCUT2D eigenvalue weighted by molar-refractivity contribution is 6.07. The number of amides is 1. The normalized spacial score (nSPS) is 31.4. The second-order valence-corrected chi connectivity index (χ2v) is 7.28. The van der Waals surface area contributed by atoms with Gasteiger partial charge >= 0.3 is 5.97 Å². The number of hydrogen-bond acceptors (Lipinski definition) is 5. The first-order valence-electron chi connectivity index (χ1n) is 9.05. The van der Waals surface area contributed by atoms with Crippen LogP contribution in [-0.4, -0.2) is 61.8 Å². The van der Waals surface area contributed by atoms with Crippen LogP contribution in [0, 0.1) is 5.92 Å². The van der Waals surface area contributed by atoms with Crippen LogP contribution in [0.4, 0.5) is 0 Å². The van der Waals surface area contributed by atoms with Gasteiger partial charge in [-0.1, -0.05) is 6.92 Å². The van der Waals surface area contributed by atoms with Crippen molar-refractivity contribution in [1.29, 1.82) is 0 Å². The van der Waals surface area contributed by atoms with Gasteiger partial charge in [0, 0.05) is 31.8 Å². The topological polar surface area (TPSA) is 67.9 Å². The molecule has 3 rings (SSSR count). The summed E-state index contributed by atoms with van der Waals surface area (Å²) in [5.41, 5.74) is 0.367. The molecule has 1 aliphatic carbocycles. The average Bonchev–Trinajstić information content (AvgIpc) is 2.82. The molecule has 0 radical (unpaired) electrons. The van der Waals surface area contributed by atoms with Crippen LogP contribution in [-0.2, 0) is 19.1 Å². The lowest BCUT2D eigenvalue weighted by molar-refractivity contribution is -0.150. The first kappa shape index (κ1) is 17.4. The van der Waals surface area contributed by atoms with Gasteiger partial charge in [-0.2, -0.15) is 0 Å². The van der Waals surface area contributed by atoms with E-state index in [1.165, 1.54) is 0 Å². The number of esters is 1. The Bertz CT molecular complexity index is 529. The molecule has 3 aliphatic rings. The van der Waals surface area contributed by atoms with Crippen LogP contribution in [0.5, 0.6) is 0 Å². The number of nitrogens with one attached hydrogen (secondary N) is 1. The summed E-state index contributed by atoms with van der Waals surface area (Å²) < 4.78 is 11.0. The highest BCUT2D eigenvalue weighted by atomic mass is 16.6. The Labute approximate surface area is 143 Å². The van der Waals surface area contributed by atoms with Gasteiger partial charge in [0.25, 0.3) is 5.91 Å². The van der Waals surface area contributed by atoms with Crippen LogP contribution >= 0.6 is 0 Å². The van der Waals surface area contributed by atoms with Gasteiger partial charge in [0.15, 0.2) is 0 Å². The van der Waals surface area contributed by atoms with Gasteiger partial charge in [0.1, 0.15) is 5.60 Å². The molecule has 6 heteroatoms. The van der Waals surface area contributed by atoms with Crippen molar-refractivity contribution in [3.8, 4) is 0 Å². The Kier molecular flexibility index (Phi) is 5.25. The van der Waals surface area contributed by atoms with E-state index in [9.17, 15) is 9.59 Å². The quantitative estimate of drug-likeness (QED) is 0.783. The van der Waals surface area contributed by atoms with Gasteiger partial charge in [-0.25, -0.2) is 4.79 Å². The number of morpholine rings is 1. The lowest BCUT2D eigenvalue weighted by Crippen LogP contribution is -2.45. The van der Waals surface area contributed by atoms with Crippen molar-refractivity contribution >= 4 is 11.9 Å². The van der Waals surface area contributed by atoms with Gasteiger partial charge in [-0.15, -0.1) is 0 Å². The summed E-state index contributed by atoms with van der Waals surface area (Å²) in [6.45, 7) is 8.62. The molecule has 6 nitrogen and oxygen atoms in total. The third-order valence-corrected chi connectivity index (χ3v) is 5.55. The molecule has 0 aromatic heterocycles. The van der Waals surface area contributed by atoms with Crippen LogP contribution in [0.3, 0.4) is 0 Å². The Hall–Kier alpha value is -1.40. The molecule has 0 aromatic rings. The summed E-state index contributed by atoms with van der Waals surface area (Å²) in [6, 6.07) is 0. The largest absolute Gasteiger partial charge is 0.451 e. The van der Waals surface area contributed by atoms with E-state index in [1.54, 1.807) is 6.92 Å². The Morgan fingerprint density at radius 1 is 1.29 bits per heavy atom. The van der Waals surface area contributed by atoms with Crippen molar-refractivity contribution in [1.82, 2.24) is 10.2 Å². The van der Waals surface area contributed by atoms with E-state index in [0.717, 1.165) is 58.5 Å². The average molecular weight is 336 g/mol. The van der Waals surface area contributed by atoms with E-state index >= 15 is 0 Å². The number of carbonyl (C=O) groups excluding carboxylic acids is 2. The summed E-state index contributed by atoms with van der Waals surface area (Å²) in [6.07, 6.45) is 3.49. The summed E-state index contributed by atoms with van der Waals surface area (Å²) in [5, 5.41) is 2.99. The predicted molar refractivity (Wildman–Crippen MR) is 89.4 cm³/mol. The van der Waals surface area contributed by atoms with Crippen molar-refractivity contribution in [2.45, 2.75) is 45.1 Å². The second-order valence-electron chi connectivity index (χ2n) is 7.28. The molecule has 0 unspecified atom stereocenters. The zero-order valence-electron chi connectivity index (χ0n) is 14.7. The molecule has 1 spiro atoms. The lowest BCUT2D eigenvalue weighted by atomic mass is 9.75. The molecule has 1 N–H and O–H groups in total. The molecule has 2 fully saturated rings. The maximum absolute atomic E-state index is 12.8. The number of hydrogen-bond donors (Lipinski definition) is 1. The monoisotopic (exact) mass is 336 g/mol. The third-order valence-electron chi connectivity index (χ3n) is 5.55. The minimum Gasteiger partial charge on any atom is -0.451 e. The number of carbonyl (C=O) groups is 2. The molecule has 0 bridgehead atoms. The predicted octanol–water partition coefficient (Wildman–Crippen LogP) is 1.26. The van der Waals surface area contributed by atoms with Gasteiger partial charge in [-0.05, 0) is 38.5 Å². The van der Waals surface area contributed by atoms with Crippen molar-refractivity contribution in [3.63, 3.8) is 0 Å². The van der Waals surface area contributed by atoms with Crippen LogP contribution < -0.4 is 5.32 Å². The van der Waals surface area contributed by atoms with Crippen LogP contribution in [0.2, 0.25) is 0 Å². The van der Waals surface area contributed by atoms with Gasteiger partial charge in [-0.3, -0.25) is 9.69 Å². The molecule has 1 saturated carbocycles. The molecule has 1 saturated heterocycles. The van der Waals surface area contributed by atoms with Crippen molar-refractivity contribution in [2.75, 3.05) is 39.4 Å². The SMILES string of the molecule is CC1=C(C(=O)NCCN2CCOCC2)C2(CCC(C)CC2)OC1=O. The van der Waals surface area contributed by atoms with Crippen LogP contribution in [0.15, 0.2) is 11.1 Å². The van der Waals surface area contributed by atoms with Crippen molar-refractivity contribution in [3.05, 3.63) is 11.1 Å². The zero-order chi connectivity index (χ0) is 17.2. The molecule has 134 valence electrons. The first-order chi connectivity index (χ1) is 11.5. The fraction of sp³-hybridized carbons (Fsp3) is 0.778. The zero-order valence-corrected chi connectivity index (χ0v) is 14.7. The van der Waals surface area contributed by atoms with E-state index in [2.05, 4.69) is 17.1 Å². The number of nitrogens with zero attached hydrogens (tertiary/aromatic N) is 1. The van der Waals surface area contributed by atoms with E-state index in [-0.39, 0.29) is 11.9 Å². The molecule has 2 heterocycles. The van der Waals surface area contributed by atoms with Gasteiger partial charge in [0.05, 0.1) is 18.8 Å².